The molecule has 0 spiro atoms. The van der Waals surface area contributed by atoms with Crippen molar-refractivity contribution in [2.24, 2.45) is 0 Å². The van der Waals surface area contributed by atoms with Crippen LogP contribution >= 0.6 is 15.9 Å². The Morgan fingerprint density at radius 1 is 1.42 bits per heavy atom. The average Bonchev–Trinajstić information content (AvgIpc) is 2.41. The highest BCUT2D eigenvalue weighted by molar-refractivity contribution is 9.10. The van der Waals surface area contributed by atoms with Gasteiger partial charge in [-0.05, 0) is 31.2 Å². The van der Waals surface area contributed by atoms with Gasteiger partial charge in [-0.2, -0.15) is 0 Å². The van der Waals surface area contributed by atoms with Gasteiger partial charge < -0.3 is 15.4 Å². The van der Waals surface area contributed by atoms with Crippen LogP contribution in [0.4, 0.5) is 0 Å². The first-order valence-electron chi connectivity index (χ1n) is 6.50. The maximum Gasteiger partial charge on any atom is 0.223 e. The Morgan fingerprint density at radius 2 is 2.21 bits per heavy atom. The van der Waals surface area contributed by atoms with Crippen molar-refractivity contribution in [2.45, 2.75) is 26.3 Å². The molecule has 0 atom stereocenters. The van der Waals surface area contributed by atoms with Gasteiger partial charge >= 0.3 is 0 Å². The summed E-state index contributed by atoms with van der Waals surface area (Å²) in [6.07, 6.45) is 1.47. The van der Waals surface area contributed by atoms with Crippen molar-refractivity contribution in [3.8, 4) is 5.75 Å². The van der Waals surface area contributed by atoms with Crippen molar-refractivity contribution >= 4 is 21.8 Å². The lowest BCUT2D eigenvalue weighted by atomic mass is 10.2. The van der Waals surface area contributed by atoms with E-state index in [-0.39, 0.29) is 5.91 Å². The first kappa shape index (κ1) is 16.0. The van der Waals surface area contributed by atoms with E-state index in [1.165, 1.54) is 0 Å². The van der Waals surface area contributed by atoms with Crippen LogP contribution in [0.25, 0.3) is 0 Å². The van der Waals surface area contributed by atoms with Gasteiger partial charge in [0.2, 0.25) is 5.91 Å². The third-order valence-electron chi connectivity index (χ3n) is 2.63. The van der Waals surface area contributed by atoms with Crippen LogP contribution in [-0.4, -0.2) is 26.1 Å². The molecule has 0 radical (unpaired) electrons. The summed E-state index contributed by atoms with van der Waals surface area (Å²) in [7, 11) is 1.63. The molecule has 0 saturated heterocycles. The molecule has 0 aliphatic heterocycles. The monoisotopic (exact) mass is 328 g/mol. The number of ether oxygens (including phenoxy) is 1. The van der Waals surface area contributed by atoms with E-state index in [0.29, 0.717) is 13.0 Å². The smallest absolute Gasteiger partial charge is 0.223 e. The Labute approximate surface area is 123 Å². The predicted molar refractivity (Wildman–Crippen MR) is 80.3 cm³/mol. The fourth-order valence-electron chi connectivity index (χ4n) is 1.61. The fourth-order valence-corrected chi connectivity index (χ4v) is 2.01. The van der Waals surface area contributed by atoms with Crippen molar-refractivity contribution in [3.05, 3.63) is 28.2 Å². The predicted octanol–water partition coefficient (Wildman–Crippen LogP) is 2.46. The van der Waals surface area contributed by atoms with Gasteiger partial charge in [0.05, 0.1) is 13.0 Å². The summed E-state index contributed by atoms with van der Waals surface area (Å²) >= 11 is 3.46. The molecule has 4 nitrogen and oxygen atoms in total. The van der Waals surface area contributed by atoms with Gasteiger partial charge in [-0.3, -0.25) is 4.79 Å². The third kappa shape index (κ3) is 6.07. The van der Waals surface area contributed by atoms with E-state index < -0.39 is 0 Å². The molecule has 1 aromatic carbocycles. The zero-order chi connectivity index (χ0) is 14.1. The minimum absolute atomic E-state index is 0.0113. The van der Waals surface area contributed by atoms with Crippen molar-refractivity contribution in [1.29, 1.82) is 0 Å². The molecule has 0 bridgehead atoms. The van der Waals surface area contributed by atoms with Crippen molar-refractivity contribution < 1.29 is 9.53 Å². The van der Waals surface area contributed by atoms with Gasteiger partial charge in [-0.1, -0.05) is 22.9 Å². The molecule has 106 valence electrons. The highest BCUT2D eigenvalue weighted by atomic mass is 79.9. The molecular weight excluding hydrogens is 308 g/mol. The SMILES string of the molecule is CCCNCc1cc(Br)ccc1OCCC(=O)NC. The van der Waals surface area contributed by atoms with Crippen LogP contribution in [0, 0.1) is 0 Å². The second kappa shape index (κ2) is 8.93. The molecule has 0 saturated carbocycles. The lowest BCUT2D eigenvalue weighted by Crippen LogP contribution is -2.20. The van der Waals surface area contributed by atoms with Gasteiger partial charge in [0.1, 0.15) is 5.75 Å². The van der Waals surface area contributed by atoms with Gasteiger partial charge in [0, 0.05) is 23.6 Å². The number of carbonyl (C=O) groups is 1. The molecule has 0 aliphatic rings. The van der Waals surface area contributed by atoms with Crippen LogP contribution in [0.3, 0.4) is 0 Å². The van der Waals surface area contributed by atoms with Crippen LogP contribution in [0.2, 0.25) is 0 Å². The largest absolute Gasteiger partial charge is 0.493 e. The molecule has 2 N–H and O–H groups in total. The maximum absolute atomic E-state index is 11.1. The molecule has 0 aromatic heterocycles. The molecule has 0 aliphatic carbocycles. The molecule has 1 aromatic rings. The first-order chi connectivity index (χ1) is 9.17. The van der Waals surface area contributed by atoms with Gasteiger partial charge in [0.25, 0.3) is 0 Å². The lowest BCUT2D eigenvalue weighted by Gasteiger charge is -2.12. The summed E-state index contributed by atoms with van der Waals surface area (Å²) < 4.78 is 6.70. The van der Waals surface area contributed by atoms with Gasteiger partial charge in [0.15, 0.2) is 0 Å². The summed E-state index contributed by atoms with van der Waals surface area (Å²) in [5.74, 6) is 0.818. The van der Waals surface area contributed by atoms with E-state index >= 15 is 0 Å². The fraction of sp³-hybridized carbons (Fsp3) is 0.500. The number of nitrogens with one attached hydrogen (secondary N) is 2. The van der Waals surface area contributed by atoms with E-state index in [9.17, 15) is 4.79 Å². The standard InChI is InChI=1S/C14H21BrN2O2/c1-3-7-17-10-11-9-12(15)4-5-13(11)19-8-6-14(18)16-2/h4-5,9,17H,3,6-8,10H2,1-2H3,(H,16,18). The number of hydrogen-bond acceptors (Lipinski definition) is 3. The summed E-state index contributed by atoms with van der Waals surface area (Å²) in [4.78, 5) is 11.1. The lowest BCUT2D eigenvalue weighted by molar-refractivity contribution is -0.121. The number of hydrogen-bond donors (Lipinski definition) is 2. The Morgan fingerprint density at radius 3 is 2.89 bits per heavy atom. The van der Waals surface area contributed by atoms with Crippen LogP contribution in [-0.2, 0) is 11.3 Å². The number of halogens is 1. The van der Waals surface area contributed by atoms with E-state index in [4.69, 9.17) is 4.74 Å². The zero-order valence-corrected chi connectivity index (χ0v) is 13.0. The number of carbonyl (C=O) groups excluding carboxylic acids is 1. The summed E-state index contributed by atoms with van der Waals surface area (Å²) in [6.45, 7) is 4.27. The highest BCUT2D eigenvalue weighted by Crippen LogP contribution is 2.23. The zero-order valence-electron chi connectivity index (χ0n) is 11.5. The topological polar surface area (TPSA) is 50.4 Å². The molecule has 5 heteroatoms. The molecule has 0 fully saturated rings. The molecule has 0 unspecified atom stereocenters. The Kier molecular flexibility index (Phi) is 7.52. The Hall–Kier alpha value is -1.07. The highest BCUT2D eigenvalue weighted by Gasteiger charge is 2.05. The summed E-state index contributed by atoms with van der Waals surface area (Å²) in [6, 6.07) is 5.91. The van der Waals surface area contributed by atoms with E-state index in [1.807, 2.05) is 18.2 Å². The van der Waals surface area contributed by atoms with Crippen molar-refractivity contribution in [3.63, 3.8) is 0 Å². The number of rotatable bonds is 8. The van der Waals surface area contributed by atoms with E-state index in [1.54, 1.807) is 7.05 Å². The molecule has 1 rings (SSSR count). The van der Waals surface area contributed by atoms with Gasteiger partial charge in [-0.15, -0.1) is 0 Å². The summed E-state index contributed by atoms with van der Waals surface area (Å²) in [5, 5.41) is 5.93. The summed E-state index contributed by atoms with van der Waals surface area (Å²) in [5.41, 5.74) is 1.10. The van der Waals surface area contributed by atoms with Crippen molar-refractivity contribution in [1.82, 2.24) is 10.6 Å². The first-order valence-corrected chi connectivity index (χ1v) is 7.29. The van der Waals surface area contributed by atoms with Crippen LogP contribution in [0.15, 0.2) is 22.7 Å². The number of amides is 1. The normalized spacial score (nSPS) is 10.3. The average molecular weight is 329 g/mol. The second-order valence-electron chi connectivity index (χ2n) is 4.20. The Balaban J connectivity index is 2.57. The van der Waals surface area contributed by atoms with Gasteiger partial charge in [-0.25, -0.2) is 0 Å². The quantitative estimate of drug-likeness (QED) is 0.721. The van der Waals surface area contributed by atoms with E-state index in [2.05, 4.69) is 33.5 Å². The van der Waals surface area contributed by atoms with Crippen LogP contribution in [0.5, 0.6) is 5.75 Å². The molecule has 0 heterocycles. The third-order valence-corrected chi connectivity index (χ3v) is 3.12. The Bertz CT molecular complexity index is 410. The minimum Gasteiger partial charge on any atom is -0.493 e. The van der Waals surface area contributed by atoms with Crippen LogP contribution in [0.1, 0.15) is 25.3 Å². The second-order valence-corrected chi connectivity index (χ2v) is 5.12. The molecule has 19 heavy (non-hydrogen) atoms. The van der Waals surface area contributed by atoms with E-state index in [0.717, 1.165) is 35.3 Å². The maximum atomic E-state index is 11.1. The molecule has 1 amide bonds. The minimum atomic E-state index is -0.0113. The number of benzene rings is 1. The van der Waals surface area contributed by atoms with Crippen molar-refractivity contribution in [2.75, 3.05) is 20.2 Å². The molecular formula is C14H21BrN2O2. The van der Waals surface area contributed by atoms with Crippen LogP contribution < -0.4 is 15.4 Å².